The second-order valence-electron chi connectivity index (χ2n) is 7.65. The van der Waals surface area contributed by atoms with Crippen LogP contribution >= 0.6 is 0 Å². The fourth-order valence-electron chi connectivity index (χ4n) is 3.66. The van der Waals surface area contributed by atoms with Crippen molar-refractivity contribution in [3.63, 3.8) is 0 Å². The van der Waals surface area contributed by atoms with E-state index in [2.05, 4.69) is 10.8 Å². The van der Waals surface area contributed by atoms with Gasteiger partial charge in [0.25, 0.3) is 5.91 Å². The SMILES string of the molecule is N=C(N)c1cccc(C2=CC(CC(N)=O)(C(=O)Nc3ccccc3-c3ccccc3)ON2)c1. The molecule has 166 valence electrons. The van der Waals surface area contributed by atoms with Crippen LogP contribution in [0.3, 0.4) is 0 Å². The molecule has 0 spiro atoms. The van der Waals surface area contributed by atoms with Gasteiger partial charge in [-0.05, 0) is 23.8 Å². The summed E-state index contributed by atoms with van der Waals surface area (Å²) in [6.07, 6.45) is 1.16. The number of benzene rings is 3. The van der Waals surface area contributed by atoms with E-state index in [1.807, 2.05) is 48.5 Å². The molecule has 8 heteroatoms. The number of nitrogen functional groups attached to an aromatic ring is 1. The molecule has 3 aromatic carbocycles. The molecule has 0 aliphatic carbocycles. The van der Waals surface area contributed by atoms with Crippen molar-refractivity contribution < 1.29 is 14.4 Å². The number of hydrogen-bond acceptors (Lipinski definition) is 5. The van der Waals surface area contributed by atoms with E-state index in [9.17, 15) is 9.59 Å². The summed E-state index contributed by atoms with van der Waals surface area (Å²) in [5.41, 5.74) is 16.1. The Labute approximate surface area is 190 Å². The molecule has 0 saturated heterocycles. The number of nitrogens with one attached hydrogen (secondary N) is 3. The Kier molecular flexibility index (Phi) is 5.93. The van der Waals surface area contributed by atoms with Gasteiger partial charge in [0.2, 0.25) is 11.5 Å². The highest BCUT2D eigenvalue weighted by atomic mass is 16.7. The minimum Gasteiger partial charge on any atom is -0.384 e. The molecule has 1 aliphatic rings. The quantitative estimate of drug-likeness (QED) is 0.283. The van der Waals surface area contributed by atoms with Crippen LogP contribution in [0.25, 0.3) is 16.8 Å². The van der Waals surface area contributed by atoms with Crippen LogP contribution in [0.15, 0.2) is 84.9 Å². The van der Waals surface area contributed by atoms with E-state index < -0.39 is 17.4 Å². The molecule has 4 rings (SSSR count). The summed E-state index contributed by atoms with van der Waals surface area (Å²) in [6, 6.07) is 23.9. The number of rotatable bonds is 7. The Hall–Kier alpha value is -4.43. The summed E-state index contributed by atoms with van der Waals surface area (Å²) < 4.78 is 0. The normalized spacial score (nSPS) is 17.0. The third-order valence-electron chi connectivity index (χ3n) is 5.29. The zero-order valence-corrected chi connectivity index (χ0v) is 17.7. The van der Waals surface area contributed by atoms with Gasteiger partial charge in [0.1, 0.15) is 5.84 Å². The number of primary amides is 1. The van der Waals surface area contributed by atoms with Crippen LogP contribution in [0, 0.1) is 5.41 Å². The average molecular weight is 441 g/mol. The number of hydrogen-bond donors (Lipinski definition) is 5. The lowest BCUT2D eigenvalue weighted by atomic mass is 9.94. The molecular formula is C25H23N5O3. The summed E-state index contributed by atoms with van der Waals surface area (Å²) in [7, 11) is 0. The van der Waals surface area contributed by atoms with E-state index in [1.54, 1.807) is 30.3 Å². The summed E-state index contributed by atoms with van der Waals surface area (Å²) in [6.45, 7) is 0. The third kappa shape index (κ3) is 4.60. The molecule has 7 N–H and O–H groups in total. The number of carbonyl (C=O) groups is 2. The highest BCUT2D eigenvalue weighted by Crippen LogP contribution is 2.33. The van der Waals surface area contributed by atoms with Gasteiger partial charge >= 0.3 is 0 Å². The predicted molar refractivity (Wildman–Crippen MR) is 127 cm³/mol. The van der Waals surface area contributed by atoms with Gasteiger partial charge in [-0.25, -0.2) is 0 Å². The second-order valence-corrected chi connectivity index (χ2v) is 7.65. The van der Waals surface area contributed by atoms with Crippen LogP contribution in [0.5, 0.6) is 0 Å². The number of para-hydroxylation sites is 1. The van der Waals surface area contributed by atoms with Gasteiger partial charge in [0, 0.05) is 22.4 Å². The standard InChI is InChI=1S/C25H23N5O3/c26-22(31)15-25(14-21(30-33-25)17-9-6-10-18(13-17)23(27)28)24(32)29-20-12-5-4-11-19(20)16-7-2-1-3-8-16/h1-14,30H,15H2,(H2,26,31)(H3,27,28)(H,29,32). The van der Waals surface area contributed by atoms with E-state index in [0.717, 1.165) is 11.1 Å². The number of hydroxylamine groups is 1. The Bertz CT molecular complexity index is 1260. The molecule has 2 amide bonds. The molecule has 8 nitrogen and oxygen atoms in total. The fraction of sp³-hybridized carbons (Fsp3) is 0.0800. The number of carbonyl (C=O) groups excluding carboxylic acids is 2. The monoisotopic (exact) mass is 441 g/mol. The smallest absolute Gasteiger partial charge is 0.264 e. The van der Waals surface area contributed by atoms with Gasteiger partial charge in [-0.2, -0.15) is 0 Å². The number of amides is 2. The highest BCUT2D eigenvalue weighted by Gasteiger charge is 2.45. The molecule has 1 unspecified atom stereocenters. The first-order chi connectivity index (χ1) is 15.9. The van der Waals surface area contributed by atoms with E-state index in [1.165, 1.54) is 6.08 Å². The lowest BCUT2D eigenvalue weighted by molar-refractivity contribution is -0.143. The minimum absolute atomic E-state index is 0.0879. The molecular weight excluding hydrogens is 418 g/mol. The van der Waals surface area contributed by atoms with E-state index in [0.29, 0.717) is 22.5 Å². The largest absolute Gasteiger partial charge is 0.384 e. The average Bonchev–Trinajstić information content (AvgIpc) is 3.25. The second kappa shape index (κ2) is 8.97. The fourth-order valence-corrected chi connectivity index (χ4v) is 3.66. The molecule has 0 fully saturated rings. The topological polar surface area (TPSA) is 143 Å². The van der Waals surface area contributed by atoms with Gasteiger partial charge < -0.3 is 16.8 Å². The highest BCUT2D eigenvalue weighted by molar-refractivity contribution is 6.05. The Morgan fingerprint density at radius 3 is 2.36 bits per heavy atom. The van der Waals surface area contributed by atoms with Crippen molar-refractivity contribution in [1.82, 2.24) is 5.48 Å². The lowest BCUT2D eigenvalue weighted by Gasteiger charge is -2.23. The van der Waals surface area contributed by atoms with Crippen molar-refractivity contribution in [1.29, 1.82) is 5.41 Å². The Morgan fingerprint density at radius 2 is 1.64 bits per heavy atom. The van der Waals surface area contributed by atoms with Gasteiger partial charge in [-0.1, -0.05) is 66.7 Å². The van der Waals surface area contributed by atoms with Crippen molar-refractivity contribution in [3.8, 4) is 11.1 Å². The maximum absolute atomic E-state index is 13.4. The molecule has 33 heavy (non-hydrogen) atoms. The molecule has 0 bridgehead atoms. The van der Waals surface area contributed by atoms with Crippen molar-refractivity contribution in [2.45, 2.75) is 12.0 Å². The molecule has 3 aromatic rings. The molecule has 0 aromatic heterocycles. The third-order valence-corrected chi connectivity index (χ3v) is 5.29. The van der Waals surface area contributed by atoms with Crippen molar-refractivity contribution >= 4 is 29.0 Å². The van der Waals surface area contributed by atoms with Crippen molar-refractivity contribution in [3.05, 3.63) is 96.1 Å². The molecule has 0 saturated carbocycles. The van der Waals surface area contributed by atoms with Crippen LogP contribution in [-0.2, 0) is 14.4 Å². The zero-order chi connectivity index (χ0) is 23.4. The van der Waals surface area contributed by atoms with E-state index >= 15 is 0 Å². The lowest BCUT2D eigenvalue weighted by Crippen LogP contribution is -2.46. The minimum atomic E-state index is -1.66. The van der Waals surface area contributed by atoms with Crippen LogP contribution in [0.4, 0.5) is 5.69 Å². The molecule has 1 aliphatic heterocycles. The first-order valence-corrected chi connectivity index (χ1v) is 10.2. The molecule has 0 radical (unpaired) electrons. The van der Waals surface area contributed by atoms with Crippen molar-refractivity contribution in [2.24, 2.45) is 11.5 Å². The van der Waals surface area contributed by atoms with Crippen LogP contribution < -0.4 is 22.3 Å². The Balaban J connectivity index is 1.68. The van der Waals surface area contributed by atoms with Crippen molar-refractivity contribution in [2.75, 3.05) is 5.32 Å². The number of nitrogens with two attached hydrogens (primary N) is 2. The number of amidine groups is 1. The summed E-state index contributed by atoms with van der Waals surface area (Å²) >= 11 is 0. The molecule has 1 heterocycles. The summed E-state index contributed by atoms with van der Waals surface area (Å²) in [5, 5.41) is 10.5. The van der Waals surface area contributed by atoms with Gasteiger partial charge in [0.15, 0.2) is 0 Å². The van der Waals surface area contributed by atoms with Crippen LogP contribution in [0.1, 0.15) is 17.5 Å². The zero-order valence-electron chi connectivity index (χ0n) is 17.7. The summed E-state index contributed by atoms with van der Waals surface area (Å²) in [5.74, 6) is -1.33. The van der Waals surface area contributed by atoms with Gasteiger partial charge in [-0.3, -0.25) is 25.3 Å². The Morgan fingerprint density at radius 1 is 0.939 bits per heavy atom. The predicted octanol–water partition coefficient (Wildman–Crippen LogP) is 2.77. The maximum atomic E-state index is 13.4. The maximum Gasteiger partial charge on any atom is 0.264 e. The summed E-state index contributed by atoms with van der Waals surface area (Å²) in [4.78, 5) is 30.9. The number of anilines is 1. The first kappa shape index (κ1) is 21.8. The van der Waals surface area contributed by atoms with Crippen LogP contribution in [-0.4, -0.2) is 23.3 Å². The molecule has 1 atom stereocenters. The van der Waals surface area contributed by atoms with Gasteiger partial charge in [0.05, 0.1) is 12.1 Å². The van der Waals surface area contributed by atoms with Crippen LogP contribution in [0.2, 0.25) is 0 Å². The van der Waals surface area contributed by atoms with E-state index in [4.69, 9.17) is 21.7 Å². The first-order valence-electron chi connectivity index (χ1n) is 10.2. The van der Waals surface area contributed by atoms with E-state index in [-0.39, 0.29) is 12.3 Å². The van der Waals surface area contributed by atoms with Gasteiger partial charge in [-0.15, -0.1) is 0 Å².